The minimum atomic E-state index is -4.53. The number of alkyl halides is 3. The van der Waals surface area contributed by atoms with E-state index in [2.05, 4.69) is 12.2 Å². The van der Waals surface area contributed by atoms with E-state index in [4.69, 9.17) is 25.8 Å². The van der Waals surface area contributed by atoms with Gasteiger partial charge in [0.1, 0.15) is 17.2 Å². The first-order chi connectivity index (χ1) is 15.2. The summed E-state index contributed by atoms with van der Waals surface area (Å²) in [6.45, 7) is 4.22. The lowest BCUT2D eigenvalue weighted by Crippen LogP contribution is -2.13. The number of nitrogens with zero attached hydrogens (tertiary/aromatic N) is 1. The average Bonchev–Trinajstić information content (AvgIpc) is 2.73. The number of halogens is 4. The van der Waals surface area contributed by atoms with Crippen molar-refractivity contribution in [3.8, 4) is 11.5 Å². The average molecular weight is 477 g/mol. The highest BCUT2D eigenvalue weighted by atomic mass is 35.5. The minimum Gasteiger partial charge on any atom is -0.456 e. The smallest absolute Gasteiger partial charge is 0.416 e. The number of rotatable bonds is 13. The van der Waals surface area contributed by atoms with Gasteiger partial charge in [-0.3, -0.25) is 10.1 Å². The first-order valence-electron chi connectivity index (χ1n) is 9.94. The van der Waals surface area contributed by atoms with E-state index in [9.17, 15) is 23.3 Å². The maximum absolute atomic E-state index is 12.8. The van der Waals surface area contributed by atoms with Crippen LogP contribution >= 0.6 is 11.6 Å². The van der Waals surface area contributed by atoms with Gasteiger partial charge in [0.05, 0.1) is 35.3 Å². The summed E-state index contributed by atoms with van der Waals surface area (Å²) in [6.07, 6.45) is -2.49. The van der Waals surface area contributed by atoms with Gasteiger partial charge in [-0.2, -0.15) is 13.2 Å². The number of nitro groups is 1. The Hall–Kier alpha value is -2.56. The van der Waals surface area contributed by atoms with Crippen molar-refractivity contribution in [1.82, 2.24) is 0 Å². The molecule has 0 saturated carbocycles. The van der Waals surface area contributed by atoms with Crippen molar-refractivity contribution in [3.05, 3.63) is 57.1 Å². The summed E-state index contributed by atoms with van der Waals surface area (Å²) in [5, 5.41) is 14.0. The van der Waals surface area contributed by atoms with Crippen molar-refractivity contribution in [2.75, 3.05) is 38.3 Å². The third-order valence-corrected chi connectivity index (χ3v) is 4.52. The number of hydrogen-bond acceptors (Lipinski definition) is 6. The Balaban J connectivity index is 1.97. The minimum absolute atomic E-state index is 0.00845. The Kier molecular flexibility index (Phi) is 10.0. The third kappa shape index (κ3) is 8.18. The molecule has 0 aliphatic heterocycles. The lowest BCUT2D eigenvalue weighted by atomic mass is 10.2. The Bertz CT molecular complexity index is 896. The van der Waals surface area contributed by atoms with Gasteiger partial charge in [0.15, 0.2) is 0 Å². The highest BCUT2D eigenvalue weighted by Crippen LogP contribution is 2.37. The van der Waals surface area contributed by atoms with Gasteiger partial charge in [-0.1, -0.05) is 24.9 Å². The second-order valence-corrected chi connectivity index (χ2v) is 7.09. The quantitative estimate of drug-likeness (QED) is 0.207. The molecule has 0 atom stereocenters. The topological polar surface area (TPSA) is 82.9 Å². The number of hydrogen-bond donors (Lipinski definition) is 1. The molecule has 1 N–H and O–H groups in total. The normalized spacial score (nSPS) is 11.4. The maximum atomic E-state index is 12.8. The van der Waals surface area contributed by atoms with Crippen molar-refractivity contribution in [3.63, 3.8) is 0 Å². The lowest BCUT2D eigenvalue weighted by molar-refractivity contribution is -0.384. The molecule has 0 amide bonds. The molecule has 32 heavy (non-hydrogen) atoms. The molecule has 0 fully saturated rings. The fourth-order valence-electron chi connectivity index (χ4n) is 2.59. The van der Waals surface area contributed by atoms with E-state index in [0.717, 1.165) is 31.0 Å². The molecule has 0 aromatic heterocycles. The van der Waals surface area contributed by atoms with E-state index in [1.807, 2.05) is 0 Å². The molecule has 176 valence electrons. The van der Waals surface area contributed by atoms with Crippen molar-refractivity contribution in [2.24, 2.45) is 0 Å². The van der Waals surface area contributed by atoms with Gasteiger partial charge in [0, 0.05) is 25.3 Å². The van der Waals surface area contributed by atoms with Gasteiger partial charge in [-0.25, -0.2) is 0 Å². The van der Waals surface area contributed by atoms with Gasteiger partial charge >= 0.3 is 6.18 Å². The molecule has 0 spiro atoms. The summed E-state index contributed by atoms with van der Waals surface area (Å²) >= 11 is 5.90. The van der Waals surface area contributed by atoms with E-state index >= 15 is 0 Å². The van der Waals surface area contributed by atoms with Crippen molar-refractivity contribution in [1.29, 1.82) is 0 Å². The Morgan fingerprint density at radius 2 is 1.78 bits per heavy atom. The monoisotopic (exact) mass is 476 g/mol. The molecule has 7 nitrogen and oxygen atoms in total. The summed E-state index contributed by atoms with van der Waals surface area (Å²) in [5.41, 5.74) is -0.909. The molecular formula is C21H24ClF3N2O5. The highest BCUT2D eigenvalue weighted by Gasteiger charge is 2.31. The van der Waals surface area contributed by atoms with E-state index in [-0.39, 0.29) is 27.9 Å². The standard InChI is InChI=1S/C21H24ClF3N2O5/c1-2-3-9-30-11-12-31-10-8-26-18-14-16(5-6-19(18)27(28)29)32-20-7-4-15(13-17(20)22)21(23,24)25/h4-7,13-14,26H,2-3,8-12H2,1H3. The van der Waals surface area contributed by atoms with Gasteiger partial charge in [-0.05, 0) is 30.7 Å². The number of ether oxygens (including phenoxy) is 3. The second kappa shape index (κ2) is 12.5. The molecule has 0 unspecified atom stereocenters. The Morgan fingerprint density at radius 3 is 2.41 bits per heavy atom. The van der Waals surface area contributed by atoms with Crippen LogP contribution in [0.15, 0.2) is 36.4 Å². The highest BCUT2D eigenvalue weighted by molar-refractivity contribution is 6.32. The van der Waals surface area contributed by atoms with Gasteiger partial charge in [0.25, 0.3) is 5.69 Å². The van der Waals surface area contributed by atoms with Gasteiger partial charge in [-0.15, -0.1) is 0 Å². The summed E-state index contributed by atoms with van der Waals surface area (Å²) in [4.78, 5) is 10.7. The zero-order chi connectivity index (χ0) is 23.6. The largest absolute Gasteiger partial charge is 0.456 e. The third-order valence-electron chi connectivity index (χ3n) is 4.23. The van der Waals surface area contributed by atoms with E-state index in [1.165, 1.54) is 18.2 Å². The van der Waals surface area contributed by atoms with Crippen LogP contribution in [-0.4, -0.2) is 37.9 Å². The molecule has 2 aromatic carbocycles. The predicted molar refractivity (Wildman–Crippen MR) is 115 cm³/mol. The number of benzene rings is 2. The van der Waals surface area contributed by atoms with E-state index in [1.54, 1.807) is 0 Å². The van der Waals surface area contributed by atoms with Crippen molar-refractivity contribution < 1.29 is 32.3 Å². The van der Waals surface area contributed by atoms with Gasteiger partial charge < -0.3 is 19.5 Å². The Labute approximate surface area is 188 Å². The summed E-state index contributed by atoms with van der Waals surface area (Å²) < 4.78 is 54.7. The molecule has 2 aromatic rings. The van der Waals surface area contributed by atoms with Crippen LogP contribution in [0.3, 0.4) is 0 Å². The van der Waals surface area contributed by atoms with E-state index in [0.29, 0.717) is 33.0 Å². The fraction of sp³-hybridized carbons (Fsp3) is 0.429. The van der Waals surface area contributed by atoms with Crippen LogP contribution in [0, 0.1) is 10.1 Å². The van der Waals surface area contributed by atoms with Crippen LogP contribution in [0.1, 0.15) is 25.3 Å². The number of anilines is 1. The summed E-state index contributed by atoms with van der Waals surface area (Å²) in [6, 6.07) is 6.63. The summed E-state index contributed by atoms with van der Waals surface area (Å²) in [5.74, 6) is 0.163. The van der Waals surface area contributed by atoms with Gasteiger partial charge in [0.2, 0.25) is 0 Å². The van der Waals surface area contributed by atoms with Crippen LogP contribution < -0.4 is 10.1 Å². The summed E-state index contributed by atoms with van der Waals surface area (Å²) in [7, 11) is 0. The predicted octanol–water partition coefficient (Wildman–Crippen LogP) is 6.30. The molecule has 0 aliphatic rings. The van der Waals surface area contributed by atoms with Crippen LogP contribution in [-0.2, 0) is 15.7 Å². The maximum Gasteiger partial charge on any atom is 0.416 e. The molecule has 0 saturated heterocycles. The molecule has 0 radical (unpaired) electrons. The van der Waals surface area contributed by atoms with Crippen molar-refractivity contribution >= 4 is 23.0 Å². The molecule has 0 heterocycles. The fourth-order valence-corrected chi connectivity index (χ4v) is 2.81. The SMILES string of the molecule is CCCCOCCOCCNc1cc(Oc2ccc(C(F)(F)F)cc2Cl)ccc1[N+](=O)[O-]. The Morgan fingerprint density at radius 1 is 1.06 bits per heavy atom. The molecule has 0 bridgehead atoms. The first-order valence-corrected chi connectivity index (χ1v) is 10.3. The zero-order valence-electron chi connectivity index (χ0n) is 17.4. The molecule has 0 aliphatic carbocycles. The molecule has 2 rings (SSSR count). The first kappa shape index (κ1) is 25.7. The van der Waals surface area contributed by atoms with Crippen LogP contribution in [0.2, 0.25) is 5.02 Å². The number of unbranched alkanes of at least 4 members (excludes halogenated alkanes) is 1. The molecular weight excluding hydrogens is 453 g/mol. The number of nitrogens with one attached hydrogen (secondary N) is 1. The van der Waals surface area contributed by atoms with Crippen molar-refractivity contribution in [2.45, 2.75) is 25.9 Å². The van der Waals surface area contributed by atoms with E-state index < -0.39 is 16.7 Å². The van der Waals surface area contributed by atoms with Crippen LogP contribution in [0.5, 0.6) is 11.5 Å². The van der Waals surface area contributed by atoms with Crippen LogP contribution in [0.4, 0.5) is 24.5 Å². The lowest BCUT2D eigenvalue weighted by Gasteiger charge is -2.13. The number of nitro benzene ring substituents is 1. The van der Waals surface area contributed by atoms with Crippen LogP contribution in [0.25, 0.3) is 0 Å². The second-order valence-electron chi connectivity index (χ2n) is 6.69. The molecule has 11 heteroatoms. The zero-order valence-corrected chi connectivity index (χ0v) is 18.2.